The van der Waals surface area contributed by atoms with E-state index in [2.05, 4.69) is 27.7 Å². The molecule has 0 aliphatic rings. The molecule has 0 rings (SSSR count). The zero-order valence-electron chi connectivity index (χ0n) is 12.1. The quantitative estimate of drug-likeness (QED) is 0.369. The molecule has 0 saturated heterocycles. The van der Waals surface area contributed by atoms with Crippen LogP contribution in [0, 0.1) is 11.8 Å². The van der Waals surface area contributed by atoms with Crippen LogP contribution in [-0.2, 0) is 0 Å². The number of rotatable bonds is 11. The summed E-state index contributed by atoms with van der Waals surface area (Å²) >= 11 is 0. The van der Waals surface area contributed by atoms with Crippen molar-refractivity contribution in [1.29, 1.82) is 0 Å². The highest BCUT2D eigenvalue weighted by Crippen LogP contribution is 2.19. The topological polar surface area (TPSA) is 0 Å². The minimum absolute atomic E-state index is 0.936. The molecule has 0 N–H and O–H groups in total. The van der Waals surface area contributed by atoms with E-state index in [1.54, 1.807) is 5.92 Å². The van der Waals surface area contributed by atoms with Gasteiger partial charge in [-0.25, -0.2) is 0 Å². The average molecular weight is 225 g/mol. The molecule has 0 heterocycles. The summed E-state index contributed by atoms with van der Waals surface area (Å²) in [6, 6.07) is 0. The van der Waals surface area contributed by atoms with Gasteiger partial charge in [0, 0.05) is 0 Å². The van der Waals surface area contributed by atoms with E-state index in [0.717, 1.165) is 5.92 Å². The Bertz CT molecular complexity index is 126. The van der Waals surface area contributed by atoms with Crippen LogP contribution in [0.5, 0.6) is 0 Å². The van der Waals surface area contributed by atoms with Crippen molar-refractivity contribution in [1.82, 2.24) is 0 Å². The van der Waals surface area contributed by atoms with Crippen molar-refractivity contribution < 1.29 is 0 Å². The van der Waals surface area contributed by atoms with E-state index in [1.807, 2.05) is 0 Å². The Kier molecular flexibility index (Phi) is 11.5. The highest BCUT2D eigenvalue weighted by Gasteiger charge is 2.03. The van der Waals surface area contributed by atoms with Gasteiger partial charge in [0.15, 0.2) is 0 Å². The first-order valence-electron chi connectivity index (χ1n) is 7.45. The van der Waals surface area contributed by atoms with Gasteiger partial charge in [0.2, 0.25) is 0 Å². The van der Waals surface area contributed by atoms with Crippen molar-refractivity contribution in [3.8, 4) is 0 Å². The second kappa shape index (κ2) is 11.5. The Labute approximate surface area is 104 Å². The first kappa shape index (κ1) is 16.0. The molecule has 0 nitrogen and oxygen atoms in total. The van der Waals surface area contributed by atoms with Crippen molar-refractivity contribution >= 4 is 0 Å². The van der Waals surface area contributed by atoms with Crippen molar-refractivity contribution in [3.05, 3.63) is 5.92 Å². The first-order valence-corrected chi connectivity index (χ1v) is 7.45. The van der Waals surface area contributed by atoms with Crippen LogP contribution < -0.4 is 0 Å². The molecule has 0 spiro atoms. The maximum absolute atomic E-state index is 2.42. The summed E-state index contributed by atoms with van der Waals surface area (Å²) in [6.07, 6.45) is 14.3. The van der Waals surface area contributed by atoms with Crippen LogP contribution in [0.4, 0.5) is 0 Å². The lowest BCUT2D eigenvalue weighted by molar-refractivity contribution is 0.447. The molecule has 0 saturated carbocycles. The molecule has 0 aromatic rings. The second-order valence-corrected chi connectivity index (χ2v) is 5.76. The molecule has 0 heteroatoms. The fourth-order valence-corrected chi connectivity index (χ4v) is 2.13. The van der Waals surface area contributed by atoms with Gasteiger partial charge < -0.3 is 0 Å². The molecule has 0 aliphatic carbocycles. The zero-order chi connectivity index (χ0) is 12.2. The van der Waals surface area contributed by atoms with Crippen molar-refractivity contribution in [2.45, 2.75) is 91.9 Å². The fourth-order valence-electron chi connectivity index (χ4n) is 2.13. The number of hydrogen-bond donors (Lipinski definition) is 0. The lowest BCUT2D eigenvalue weighted by Gasteiger charge is -2.12. The summed E-state index contributed by atoms with van der Waals surface area (Å²) in [6.45, 7) is 9.20. The zero-order valence-corrected chi connectivity index (χ0v) is 12.1. The Balaban J connectivity index is 3.12. The minimum atomic E-state index is 0.936. The summed E-state index contributed by atoms with van der Waals surface area (Å²) in [7, 11) is 0. The second-order valence-electron chi connectivity index (χ2n) is 5.76. The van der Waals surface area contributed by atoms with E-state index < -0.39 is 0 Å². The van der Waals surface area contributed by atoms with Gasteiger partial charge in [-0.1, -0.05) is 85.5 Å². The molecule has 1 radical (unpaired) electrons. The van der Waals surface area contributed by atoms with Gasteiger partial charge in [0.05, 0.1) is 0 Å². The molecule has 0 aromatic carbocycles. The third kappa shape index (κ3) is 12.1. The summed E-state index contributed by atoms with van der Waals surface area (Å²) in [5.41, 5.74) is 0. The van der Waals surface area contributed by atoms with E-state index in [1.165, 1.54) is 64.2 Å². The monoisotopic (exact) mass is 225 g/mol. The van der Waals surface area contributed by atoms with Gasteiger partial charge in [-0.15, -0.1) is 0 Å². The summed E-state index contributed by atoms with van der Waals surface area (Å²) in [5.74, 6) is 2.52. The van der Waals surface area contributed by atoms with Crippen LogP contribution in [0.1, 0.15) is 91.9 Å². The first-order chi connectivity index (χ1) is 7.66. The van der Waals surface area contributed by atoms with Gasteiger partial charge >= 0.3 is 0 Å². The maximum Gasteiger partial charge on any atom is -0.0303 e. The van der Waals surface area contributed by atoms with Gasteiger partial charge in [-0.05, 0) is 18.3 Å². The van der Waals surface area contributed by atoms with Crippen molar-refractivity contribution in [2.75, 3.05) is 0 Å². The summed E-state index contributed by atoms with van der Waals surface area (Å²) in [5, 5.41) is 0. The Morgan fingerprint density at radius 1 is 0.812 bits per heavy atom. The van der Waals surface area contributed by atoms with E-state index in [-0.39, 0.29) is 0 Å². The van der Waals surface area contributed by atoms with E-state index >= 15 is 0 Å². The van der Waals surface area contributed by atoms with Gasteiger partial charge in [0.25, 0.3) is 0 Å². The lowest BCUT2D eigenvalue weighted by Crippen LogP contribution is -1.97. The van der Waals surface area contributed by atoms with Crippen LogP contribution >= 0.6 is 0 Å². The van der Waals surface area contributed by atoms with E-state index in [9.17, 15) is 0 Å². The Morgan fingerprint density at radius 3 is 1.94 bits per heavy atom. The average Bonchev–Trinajstić information content (AvgIpc) is 2.25. The molecule has 1 atom stereocenters. The predicted molar refractivity (Wildman–Crippen MR) is 75.6 cm³/mol. The minimum Gasteiger partial charge on any atom is -0.0654 e. The largest absolute Gasteiger partial charge is 0.0654 e. The maximum atomic E-state index is 2.42. The van der Waals surface area contributed by atoms with Crippen molar-refractivity contribution in [2.24, 2.45) is 5.92 Å². The number of unbranched alkanes of at least 4 members (excludes halogenated alkanes) is 6. The van der Waals surface area contributed by atoms with Gasteiger partial charge in [-0.2, -0.15) is 0 Å². The molecule has 0 aliphatic heterocycles. The van der Waals surface area contributed by atoms with Crippen LogP contribution in [0.25, 0.3) is 0 Å². The molecule has 0 fully saturated rings. The third-order valence-electron chi connectivity index (χ3n) is 3.44. The summed E-state index contributed by atoms with van der Waals surface area (Å²) < 4.78 is 0. The van der Waals surface area contributed by atoms with Gasteiger partial charge in [-0.3, -0.25) is 0 Å². The molecule has 0 aromatic heterocycles. The molecule has 1 unspecified atom stereocenters. The van der Waals surface area contributed by atoms with E-state index in [0.29, 0.717) is 0 Å². The normalized spacial score (nSPS) is 13.3. The summed E-state index contributed by atoms with van der Waals surface area (Å²) in [4.78, 5) is 0. The third-order valence-corrected chi connectivity index (χ3v) is 3.44. The fraction of sp³-hybridized carbons (Fsp3) is 0.938. The smallest absolute Gasteiger partial charge is 0.0303 e. The number of hydrogen-bond acceptors (Lipinski definition) is 0. The Hall–Kier alpha value is 0. The lowest BCUT2D eigenvalue weighted by atomic mass is 9.94. The molecule has 16 heavy (non-hydrogen) atoms. The molecule has 0 bridgehead atoms. The SMILES string of the molecule is CCCCCCCCCC(C)CC[C](C)C. The van der Waals surface area contributed by atoms with Gasteiger partial charge in [0.1, 0.15) is 0 Å². The van der Waals surface area contributed by atoms with Crippen LogP contribution in [0.3, 0.4) is 0 Å². The predicted octanol–water partition coefficient (Wildman–Crippen LogP) is 6.16. The molecular formula is C16H33. The molecule has 97 valence electrons. The highest BCUT2D eigenvalue weighted by molar-refractivity contribution is 4.77. The van der Waals surface area contributed by atoms with Crippen LogP contribution in [0.15, 0.2) is 0 Å². The van der Waals surface area contributed by atoms with Crippen LogP contribution in [-0.4, -0.2) is 0 Å². The highest BCUT2D eigenvalue weighted by atomic mass is 14.1. The standard InChI is InChI=1S/C16H33/c1-5-6-7-8-9-10-11-12-16(4)14-13-15(2)3/h16H,5-14H2,1-4H3. The van der Waals surface area contributed by atoms with E-state index in [4.69, 9.17) is 0 Å². The van der Waals surface area contributed by atoms with Crippen molar-refractivity contribution in [3.63, 3.8) is 0 Å². The Morgan fingerprint density at radius 2 is 1.38 bits per heavy atom. The molecular weight excluding hydrogens is 192 g/mol. The van der Waals surface area contributed by atoms with Crippen LogP contribution in [0.2, 0.25) is 0 Å². The molecule has 0 amide bonds.